The lowest BCUT2D eigenvalue weighted by atomic mass is 9.95. The lowest BCUT2D eigenvalue weighted by Crippen LogP contribution is -2.52. The van der Waals surface area contributed by atoms with Crippen molar-refractivity contribution in [2.24, 2.45) is 11.3 Å². The molecule has 2 atom stereocenters. The predicted octanol–water partition coefficient (Wildman–Crippen LogP) is 3.27. The van der Waals surface area contributed by atoms with E-state index in [0.29, 0.717) is 49.5 Å². The van der Waals surface area contributed by atoms with Gasteiger partial charge in [0.15, 0.2) is 10.7 Å². The van der Waals surface area contributed by atoms with E-state index in [1.807, 2.05) is 14.1 Å². The number of nitrogens with one attached hydrogen (secondary N) is 1. The number of benzene rings is 2. The number of fused-ring (bicyclic) bond motifs is 4. The molecule has 2 bridgehead atoms. The third-order valence-electron chi connectivity index (χ3n) is 10.2. The van der Waals surface area contributed by atoms with Crippen molar-refractivity contribution in [1.29, 1.82) is 0 Å². The maximum absolute atomic E-state index is 15.2. The van der Waals surface area contributed by atoms with Gasteiger partial charge in [0.1, 0.15) is 11.6 Å². The van der Waals surface area contributed by atoms with E-state index in [0.717, 1.165) is 32.2 Å². The standard InChI is InChI=1S/C35H39FN6O5S/c1-4-26-28(36)8-5-22-11-25(43)12-27(31(22)26)30-13-29-32(48(44,45)42(30)14-21-17-46-18-21)33(41-15-23-6-7-24(16-41)37-23)39-34(38-29)47-20-35(9-10-35)19-40(2)3/h1,5,8,11-13,21,23-24,37,43H,6-7,9-10,14-20H2,2-3H3. The van der Waals surface area contributed by atoms with Crippen LogP contribution in [0.15, 0.2) is 29.2 Å². The van der Waals surface area contributed by atoms with E-state index in [9.17, 15) is 5.11 Å². The third kappa shape index (κ3) is 5.44. The molecule has 0 spiro atoms. The first kappa shape index (κ1) is 31.3. The summed E-state index contributed by atoms with van der Waals surface area (Å²) in [4.78, 5) is 13.8. The number of terminal acetylenes is 1. The lowest BCUT2D eigenvalue weighted by Gasteiger charge is -2.39. The molecule has 8 rings (SSSR count). The molecule has 5 heterocycles. The summed E-state index contributed by atoms with van der Waals surface area (Å²) in [5.74, 6) is 1.99. The molecule has 5 aliphatic rings. The SMILES string of the molecule is C#Cc1c(F)ccc2cc(O)cc(C3=Cc4nc(OCC5(CN(C)C)CC5)nc(N5CC6CCC(C5)N6)c4S(=O)(=O)N3CC3COC3)c12. The molecule has 48 heavy (non-hydrogen) atoms. The molecule has 0 amide bonds. The number of anilines is 1. The Morgan fingerprint density at radius 2 is 1.94 bits per heavy atom. The molecule has 1 aromatic heterocycles. The Bertz CT molecular complexity index is 1980. The van der Waals surface area contributed by atoms with Gasteiger partial charge in [-0.15, -0.1) is 6.42 Å². The fraction of sp³-hybridized carbons (Fsp3) is 0.486. The van der Waals surface area contributed by atoms with Gasteiger partial charge < -0.3 is 29.7 Å². The van der Waals surface area contributed by atoms with E-state index >= 15 is 12.8 Å². The number of aromatic hydroxyl groups is 1. The number of hydrogen-bond acceptors (Lipinski definition) is 10. The molecule has 4 aliphatic heterocycles. The Kier molecular flexibility index (Phi) is 7.56. The largest absolute Gasteiger partial charge is 0.508 e. The molecular weight excluding hydrogens is 635 g/mol. The number of nitrogens with zero attached hydrogens (tertiary/aromatic N) is 5. The van der Waals surface area contributed by atoms with Crippen molar-refractivity contribution in [2.45, 2.75) is 42.7 Å². The Balaban J connectivity index is 1.33. The van der Waals surface area contributed by atoms with Crippen LogP contribution in [0.3, 0.4) is 0 Å². The molecular formula is C35H39FN6O5S. The van der Waals surface area contributed by atoms with Crippen LogP contribution in [0, 0.1) is 29.5 Å². The van der Waals surface area contributed by atoms with Crippen molar-refractivity contribution in [1.82, 2.24) is 24.5 Å². The molecule has 2 N–H and O–H groups in total. The second kappa shape index (κ2) is 11.6. The van der Waals surface area contributed by atoms with Crippen LogP contribution >= 0.6 is 0 Å². The predicted molar refractivity (Wildman–Crippen MR) is 179 cm³/mol. The fourth-order valence-electron chi connectivity index (χ4n) is 7.68. The van der Waals surface area contributed by atoms with Gasteiger partial charge in [-0.05, 0) is 69.4 Å². The summed E-state index contributed by atoms with van der Waals surface area (Å²) < 4.78 is 58.2. The van der Waals surface area contributed by atoms with Crippen molar-refractivity contribution in [3.05, 3.63) is 46.9 Å². The number of ether oxygens (including phenoxy) is 2. The molecule has 1 aliphatic carbocycles. The van der Waals surface area contributed by atoms with E-state index in [1.165, 1.54) is 28.6 Å². The van der Waals surface area contributed by atoms with Gasteiger partial charge in [-0.2, -0.15) is 9.97 Å². The lowest BCUT2D eigenvalue weighted by molar-refractivity contribution is -0.0348. The van der Waals surface area contributed by atoms with Crippen LogP contribution in [0.2, 0.25) is 0 Å². The molecule has 0 radical (unpaired) electrons. The highest BCUT2D eigenvalue weighted by atomic mass is 32.2. The van der Waals surface area contributed by atoms with Crippen LogP contribution in [0.4, 0.5) is 10.2 Å². The van der Waals surface area contributed by atoms with Crippen LogP contribution in [0.1, 0.15) is 42.5 Å². The van der Waals surface area contributed by atoms with Crippen LogP contribution in [0.5, 0.6) is 11.8 Å². The molecule has 4 fully saturated rings. The van der Waals surface area contributed by atoms with E-state index in [2.05, 4.69) is 21.0 Å². The number of phenolic OH excluding ortho intramolecular Hbond substituents is 1. The molecule has 11 nitrogen and oxygen atoms in total. The zero-order valence-electron chi connectivity index (χ0n) is 27.1. The van der Waals surface area contributed by atoms with Crippen LogP contribution < -0.4 is 15.0 Å². The van der Waals surface area contributed by atoms with Crippen molar-refractivity contribution in [3.63, 3.8) is 0 Å². The molecule has 1 saturated carbocycles. The van der Waals surface area contributed by atoms with E-state index in [1.54, 1.807) is 6.08 Å². The minimum atomic E-state index is -4.29. The summed E-state index contributed by atoms with van der Waals surface area (Å²) in [6.07, 6.45) is 11.6. The Morgan fingerprint density at radius 1 is 1.19 bits per heavy atom. The number of sulfonamides is 1. The van der Waals surface area contributed by atoms with E-state index in [-0.39, 0.29) is 69.1 Å². The number of aromatic nitrogens is 2. The summed E-state index contributed by atoms with van der Waals surface area (Å²) in [5.41, 5.74) is 0.696. The van der Waals surface area contributed by atoms with Crippen LogP contribution in [0.25, 0.3) is 22.5 Å². The second-order valence-electron chi connectivity index (χ2n) is 14.2. The summed E-state index contributed by atoms with van der Waals surface area (Å²) in [5, 5.41) is 15.3. The second-order valence-corrected chi connectivity index (χ2v) is 16.0. The smallest absolute Gasteiger partial charge is 0.319 e. The molecule has 3 aromatic rings. The summed E-state index contributed by atoms with van der Waals surface area (Å²) in [6, 6.07) is 6.26. The van der Waals surface area contributed by atoms with Crippen molar-refractivity contribution in [3.8, 4) is 24.1 Å². The van der Waals surface area contributed by atoms with Gasteiger partial charge in [0.2, 0.25) is 0 Å². The number of halogens is 1. The number of piperazine rings is 1. The van der Waals surface area contributed by atoms with E-state index in [4.69, 9.17) is 25.9 Å². The van der Waals surface area contributed by atoms with E-state index < -0.39 is 15.8 Å². The Labute approximate surface area is 279 Å². The minimum absolute atomic E-state index is 0.00196. The Hall–Kier alpha value is -3.96. The van der Waals surface area contributed by atoms with Gasteiger partial charge in [0.25, 0.3) is 10.0 Å². The monoisotopic (exact) mass is 674 g/mol. The molecule has 3 saturated heterocycles. The fourth-order valence-corrected chi connectivity index (χ4v) is 9.50. The topological polar surface area (TPSA) is 120 Å². The third-order valence-corrected chi connectivity index (χ3v) is 12.0. The van der Waals surface area contributed by atoms with Gasteiger partial charge in [-0.25, -0.2) is 12.8 Å². The van der Waals surface area contributed by atoms with Crippen molar-refractivity contribution >= 4 is 38.4 Å². The van der Waals surface area contributed by atoms with Crippen LogP contribution in [-0.2, 0) is 14.8 Å². The zero-order chi connectivity index (χ0) is 33.4. The highest BCUT2D eigenvalue weighted by molar-refractivity contribution is 7.89. The highest BCUT2D eigenvalue weighted by Crippen LogP contribution is 2.47. The van der Waals surface area contributed by atoms with Gasteiger partial charge in [-0.1, -0.05) is 12.0 Å². The molecule has 252 valence electrons. The average Bonchev–Trinajstić information content (AvgIpc) is 3.70. The first-order valence-electron chi connectivity index (χ1n) is 16.5. The normalized spacial score (nSPS) is 23.9. The van der Waals surface area contributed by atoms with Gasteiger partial charge in [0.05, 0.1) is 36.8 Å². The van der Waals surface area contributed by atoms with Crippen molar-refractivity contribution < 1.29 is 27.4 Å². The maximum atomic E-state index is 15.2. The van der Waals surface area contributed by atoms with Gasteiger partial charge in [0, 0.05) is 60.5 Å². The Morgan fingerprint density at radius 3 is 2.58 bits per heavy atom. The molecule has 13 heteroatoms. The number of rotatable bonds is 9. The summed E-state index contributed by atoms with van der Waals surface area (Å²) in [6.45, 7) is 3.41. The van der Waals surface area contributed by atoms with Crippen LogP contribution in [-0.4, -0.2) is 105 Å². The summed E-state index contributed by atoms with van der Waals surface area (Å²) in [7, 11) is -0.217. The number of phenols is 1. The minimum Gasteiger partial charge on any atom is -0.508 e. The first-order chi connectivity index (χ1) is 23.0. The first-order valence-corrected chi connectivity index (χ1v) is 17.9. The quantitative estimate of drug-likeness (QED) is 0.328. The molecule has 2 aromatic carbocycles. The maximum Gasteiger partial charge on any atom is 0.319 e. The van der Waals surface area contributed by atoms with Gasteiger partial charge >= 0.3 is 6.01 Å². The number of hydrogen-bond donors (Lipinski definition) is 2. The van der Waals surface area contributed by atoms with Gasteiger partial charge in [-0.3, -0.25) is 4.31 Å². The molecule has 2 unspecified atom stereocenters. The average molecular weight is 675 g/mol. The highest BCUT2D eigenvalue weighted by Gasteiger charge is 2.46. The zero-order valence-corrected chi connectivity index (χ0v) is 27.9. The summed E-state index contributed by atoms with van der Waals surface area (Å²) >= 11 is 0. The van der Waals surface area contributed by atoms with Crippen molar-refractivity contribution in [2.75, 3.05) is 65.0 Å².